The Balaban J connectivity index is 1.40. The number of aromatic nitrogens is 3. The SMILES string of the molecule is CCn1c(=O)/c(=C2\Sc3c(ccc(F)c3F)N2C)s/c1=C\c1cccc[n+]1Cc1cc(-c2ccccc2)no1. The van der Waals surface area contributed by atoms with E-state index in [0.29, 0.717) is 34.1 Å². The Morgan fingerprint density at radius 1 is 1.08 bits per heavy atom. The highest BCUT2D eigenvalue weighted by atomic mass is 32.2. The molecule has 39 heavy (non-hydrogen) atoms. The van der Waals surface area contributed by atoms with Gasteiger partial charge in [0, 0.05) is 43.4 Å². The number of fused-ring (bicyclic) bond motifs is 1. The van der Waals surface area contributed by atoms with Gasteiger partial charge in [-0.1, -0.05) is 47.3 Å². The van der Waals surface area contributed by atoms with Gasteiger partial charge in [0.2, 0.25) is 18.0 Å². The van der Waals surface area contributed by atoms with E-state index in [1.165, 1.54) is 17.4 Å². The molecule has 6 rings (SSSR count). The Kier molecular flexibility index (Phi) is 6.66. The van der Waals surface area contributed by atoms with Gasteiger partial charge in [0.25, 0.3) is 5.56 Å². The van der Waals surface area contributed by atoms with Gasteiger partial charge >= 0.3 is 0 Å². The van der Waals surface area contributed by atoms with Gasteiger partial charge in [-0.3, -0.25) is 9.36 Å². The van der Waals surface area contributed by atoms with Gasteiger partial charge in [-0.25, -0.2) is 8.78 Å². The summed E-state index contributed by atoms with van der Waals surface area (Å²) in [6.45, 7) is 2.83. The highest BCUT2D eigenvalue weighted by molar-refractivity contribution is 8.08. The fraction of sp³-hybridized carbons (Fsp3) is 0.138. The fourth-order valence-electron chi connectivity index (χ4n) is 4.52. The summed E-state index contributed by atoms with van der Waals surface area (Å²) < 4.78 is 38.9. The molecule has 6 nitrogen and oxygen atoms in total. The summed E-state index contributed by atoms with van der Waals surface area (Å²) in [6, 6.07) is 20.2. The van der Waals surface area contributed by atoms with E-state index in [0.717, 1.165) is 39.4 Å². The van der Waals surface area contributed by atoms with Crippen LogP contribution in [0, 0.1) is 11.6 Å². The van der Waals surface area contributed by atoms with Gasteiger partial charge in [-0.15, -0.1) is 11.3 Å². The van der Waals surface area contributed by atoms with Crippen molar-refractivity contribution in [3.63, 3.8) is 0 Å². The Bertz CT molecular complexity index is 1880. The van der Waals surface area contributed by atoms with Gasteiger partial charge in [-0.05, 0) is 25.1 Å². The molecule has 0 unspecified atom stereocenters. The molecule has 3 aromatic heterocycles. The second-order valence-corrected chi connectivity index (χ2v) is 11.0. The van der Waals surface area contributed by atoms with Crippen molar-refractivity contribution >= 4 is 39.9 Å². The Hall–Kier alpha value is -4.02. The molecule has 1 aliphatic heterocycles. The first-order chi connectivity index (χ1) is 18.9. The standard InChI is InChI=1S/C29H23F2N4O2S2/c1-3-35-24(38-27(28(35)36)29-33(2)23-13-12-21(30)25(31)26(23)39-29)15-19-11-7-8-14-34(19)17-20-16-22(32-37-20)18-9-5-4-6-10-18/h4-16H,3,17H2,1-2H3/q+1/b29-27+. The molecule has 10 heteroatoms. The molecule has 5 aromatic rings. The van der Waals surface area contributed by atoms with Crippen molar-refractivity contribution in [2.45, 2.75) is 24.9 Å². The largest absolute Gasteiger partial charge is 0.354 e. The van der Waals surface area contributed by atoms with Gasteiger partial charge < -0.3 is 9.42 Å². The molecule has 0 fully saturated rings. The van der Waals surface area contributed by atoms with Gasteiger partial charge in [-0.2, -0.15) is 4.57 Å². The summed E-state index contributed by atoms with van der Waals surface area (Å²) in [7, 11) is 1.76. The highest BCUT2D eigenvalue weighted by Crippen LogP contribution is 2.47. The first-order valence-electron chi connectivity index (χ1n) is 12.3. The van der Waals surface area contributed by atoms with E-state index in [-0.39, 0.29) is 10.5 Å². The lowest BCUT2D eigenvalue weighted by molar-refractivity contribution is -0.691. The minimum Gasteiger partial charge on any atom is -0.354 e. The van der Waals surface area contributed by atoms with E-state index < -0.39 is 11.6 Å². The van der Waals surface area contributed by atoms with Crippen molar-refractivity contribution in [2.24, 2.45) is 0 Å². The van der Waals surface area contributed by atoms with Crippen LogP contribution in [0.15, 0.2) is 87.1 Å². The summed E-state index contributed by atoms with van der Waals surface area (Å²) in [4.78, 5) is 15.4. The molecule has 0 spiro atoms. The van der Waals surface area contributed by atoms with Crippen LogP contribution in [0.4, 0.5) is 14.5 Å². The van der Waals surface area contributed by atoms with Crippen molar-refractivity contribution in [3.05, 3.63) is 116 Å². The molecule has 0 atom stereocenters. The summed E-state index contributed by atoms with van der Waals surface area (Å²) >= 11 is 2.42. The quantitative estimate of drug-likeness (QED) is 0.299. The van der Waals surface area contributed by atoms with Crippen LogP contribution in [0.5, 0.6) is 0 Å². The van der Waals surface area contributed by atoms with E-state index in [2.05, 4.69) is 5.16 Å². The Labute approximate surface area is 230 Å². The van der Waals surface area contributed by atoms with Crippen LogP contribution in [0.2, 0.25) is 0 Å². The Morgan fingerprint density at radius 3 is 2.67 bits per heavy atom. The molecular weight excluding hydrogens is 538 g/mol. The first-order valence-corrected chi connectivity index (χ1v) is 13.9. The van der Waals surface area contributed by atoms with Crippen LogP contribution < -0.4 is 24.2 Å². The zero-order chi connectivity index (χ0) is 27.1. The molecule has 0 N–H and O–H groups in total. The smallest absolute Gasteiger partial charge is 0.271 e. The van der Waals surface area contributed by atoms with E-state index in [1.54, 1.807) is 16.5 Å². The van der Waals surface area contributed by atoms with E-state index in [1.807, 2.05) is 78.4 Å². The third-order valence-corrected chi connectivity index (χ3v) is 9.03. The number of nitrogens with zero attached hydrogens (tertiary/aromatic N) is 4. The lowest BCUT2D eigenvalue weighted by Gasteiger charge is -2.12. The lowest BCUT2D eigenvalue weighted by Crippen LogP contribution is -2.38. The minimum absolute atomic E-state index is 0.165. The number of thiazole rings is 1. The number of anilines is 1. The lowest BCUT2D eigenvalue weighted by atomic mass is 10.1. The molecule has 4 heterocycles. The number of rotatable bonds is 5. The number of hydrogen-bond acceptors (Lipinski definition) is 6. The highest BCUT2D eigenvalue weighted by Gasteiger charge is 2.29. The number of thioether (sulfide) groups is 1. The number of benzene rings is 2. The van der Waals surface area contributed by atoms with E-state index >= 15 is 0 Å². The fourth-order valence-corrected chi connectivity index (χ4v) is 7.00. The molecule has 0 saturated heterocycles. The van der Waals surface area contributed by atoms with Gasteiger partial charge in [0.1, 0.15) is 19.9 Å². The van der Waals surface area contributed by atoms with Crippen molar-refractivity contribution in [3.8, 4) is 11.3 Å². The predicted octanol–water partition coefficient (Wildman–Crippen LogP) is 4.34. The third kappa shape index (κ3) is 4.59. The molecular formula is C29H23F2N4O2S2+. The second-order valence-electron chi connectivity index (χ2n) is 8.94. The van der Waals surface area contributed by atoms with Crippen molar-refractivity contribution in [2.75, 3.05) is 11.9 Å². The van der Waals surface area contributed by atoms with Crippen LogP contribution in [0.3, 0.4) is 0 Å². The average Bonchev–Trinajstić information content (AvgIpc) is 3.64. The van der Waals surface area contributed by atoms with Crippen molar-refractivity contribution < 1.29 is 17.9 Å². The maximum atomic E-state index is 14.5. The molecule has 2 aromatic carbocycles. The number of halogens is 2. The van der Waals surface area contributed by atoms with Crippen LogP contribution in [0.25, 0.3) is 22.4 Å². The third-order valence-electron chi connectivity index (χ3n) is 6.52. The van der Waals surface area contributed by atoms with Crippen LogP contribution in [-0.4, -0.2) is 16.8 Å². The maximum Gasteiger partial charge on any atom is 0.271 e. The Morgan fingerprint density at radius 2 is 1.87 bits per heavy atom. The van der Waals surface area contributed by atoms with E-state index in [9.17, 15) is 13.6 Å². The van der Waals surface area contributed by atoms with Crippen LogP contribution in [0.1, 0.15) is 18.4 Å². The molecule has 0 bridgehead atoms. The second kappa shape index (κ2) is 10.3. The van der Waals surface area contributed by atoms with Crippen molar-refractivity contribution in [1.29, 1.82) is 0 Å². The van der Waals surface area contributed by atoms with Gasteiger partial charge in [0.15, 0.2) is 17.8 Å². The maximum absolute atomic E-state index is 14.5. The average molecular weight is 562 g/mol. The molecule has 196 valence electrons. The molecule has 0 radical (unpaired) electrons. The number of pyridine rings is 1. The summed E-state index contributed by atoms with van der Waals surface area (Å²) in [5.41, 5.74) is 2.99. The van der Waals surface area contributed by atoms with Crippen LogP contribution >= 0.6 is 23.1 Å². The number of hydrogen-bond donors (Lipinski definition) is 0. The normalized spacial score (nSPS) is 14.8. The minimum atomic E-state index is -0.904. The topological polar surface area (TPSA) is 55.2 Å². The van der Waals surface area contributed by atoms with Crippen molar-refractivity contribution in [1.82, 2.24) is 9.72 Å². The van der Waals surface area contributed by atoms with Gasteiger partial charge in [0.05, 0.1) is 10.6 Å². The monoisotopic (exact) mass is 561 g/mol. The summed E-state index contributed by atoms with van der Waals surface area (Å²) in [5, 5.41) is 4.80. The van der Waals surface area contributed by atoms with E-state index in [4.69, 9.17) is 4.52 Å². The zero-order valence-corrected chi connectivity index (χ0v) is 22.7. The first kappa shape index (κ1) is 25.3. The molecule has 0 saturated carbocycles. The summed E-state index contributed by atoms with van der Waals surface area (Å²) in [6.07, 6.45) is 3.91. The predicted molar refractivity (Wildman–Crippen MR) is 149 cm³/mol. The zero-order valence-electron chi connectivity index (χ0n) is 21.1. The molecule has 0 aliphatic carbocycles. The van der Waals surface area contributed by atoms with Crippen LogP contribution in [-0.2, 0) is 13.1 Å². The molecule has 1 aliphatic rings. The molecule has 0 amide bonds. The summed E-state index contributed by atoms with van der Waals surface area (Å²) in [5.74, 6) is -1.10.